The first-order valence-electron chi connectivity index (χ1n) is 6.20. The molecule has 0 aliphatic carbocycles. The fraction of sp³-hybridized carbons (Fsp3) is 0.273. The van der Waals surface area contributed by atoms with Crippen molar-refractivity contribution < 1.29 is 18.2 Å². The number of hydrogen-bond donors (Lipinski definition) is 2. The molecule has 0 radical (unpaired) electrons. The van der Waals surface area contributed by atoms with Gasteiger partial charge in [-0.3, -0.25) is 9.59 Å². The molecule has 0 aliphatic heterocycles. The van der Waals surface area contributed by atoms with Gasteiger partial charge in [-0.25, -0.2) is 23.3 Å². The number of H-pyrrole nitrogens is 1. The third-order valence-corrected chi connectivity index (χ3v) is 4.36. The third kappa shape index (κ3) is 3.28. The normalized spacial score (nSPS) is 11.7. The number of aromatic amines is 1. The standard InChI is InChI=1S/C11H12N4O7S/c1-22-5-4-12-23(20,21)7-2-3-9-8(6-7)13-10(16)11(17)14(9)15(18)19/h2-3,6,12H,4-5H2,1H3,(H,13,16). The van der Waals surface area contributed by atoms with Gasteiger partial charge in [-0.1, -0.05) is 0 Å². The maximum Gasteiger partial charge on any atom is 0.377 e. The van der Waals surface area contributed by atoms with Crippen LogP contribution in [0.5, 0.6) is 0 Å². The van der Waals surface area contributed by atoms with Crippen LogP contribution in [0, 0.1) is 10.1 Å². The summed E-state index contributed by atoms with van der Waals surface area (Å²) in [5.41, 5.74) is -2.97. The minimum absolute atomic E-state index is 0.0295. The van der Waals surface area contributed by atoms with Crippen molar-refractivity contribution in [2.24, 2.45) is 0 Å². The predicted molar refractivity (Wildman–Crippen MR) is 78.3 cm³/mol. The van der Waals surface area contributed by atoms with Gasteiger partial charge in [-0.05, 0) is 22.9 Å². The van der Waals surface area contributed by atoms with E-state index in [0.717, 1.165) is 18.2 Å². The van der Waals surface area contributed by atoms with E-state index in [4.69, 9.17) is 4.74 Å². The predicted octanol–water partition coefficient (Wildman–Crippen LogP) is -1.35. The number of fused-ring (bicyclic) bond motifs is 1. The van der Waals surface area contributed by atoms with Gasteiger partial charge < -0.3 is 9.72 Å². The number of benzene rings is 1. The lowest BCUT2D eigenvalue weighted by atomic mass is 10.3. The third-order valence-electron chi connectivity index (χ3n) is 2.90. The molecule has 0 atom stereocenters. The van der Waals surface area contributed by atoms with Gasteiger partial charge in [0.2, 0.25) is 10.0 Å². The molecule has 0 saturated heterocycles. The van der Waals surface area contributed by atoms with Crippen LogP contribution in [0.3, 0.4) is 0 Å². The highest BCUT2D eigenvalue weighted by molar-refractivity contribution is 7.89. The topological polar surface area (TPSA) is 153 Å². The van der Waals surface area contributed by atoms with Gasteiger partial charge in [-0.2, -0.15) is 0 Å². The SMILES string of the molecule is COCCNS(=O)(=O)c1ccc2c(c1)[nH]c(=O)c(=O)n2[N+](=O)[O-]. The molecule has 1 aromatic heterocycles. The highest BCUT2D eigenvalue weighted by Crippen LogP contribution is 2.15. The molecule has 2 aromatic rings. The molecule has 23 heavy (non-hydrogen) atoms. The number of nitrogens with one attached hydrogen (secondary N) is 2. The number of sulfonamides is 1. The molecule has 0 fully saturated rings. The summed E-state index contributed by atoms with van der Waals surface area (Å²) >= 11 is 0. The number of methoxy groups -OCH3 is 1. The molecule has 12 heteroatoms. The maximum absolute atomic E-state index is 12.1. The van der Waals surface area contributed by atoms with Gasteiger partial charge in [-0.15, -0.1) is 0 Å². The molecule has 0 bridgehead atoms. The van der Waals surface area contributed by atoms with E-state index in [9.17, 15) is 28.1 Å². The number of aromatic nitrogens is 2. The number of nitro groups is 1. The van der Waals surface area contributed by atoms with Crippen LogP contribution >= 0.6 is 0 Å². The van der Waals surface area contributed by atoms with Crippen LogP contribution in [0.4, 0.5) is 0 Å². The largest absolute Gasteiger partial charge is 0.383 e. The van der Waals surface area contributed by atoms with Gasteiger partial charge in [0.1, 0.15) is 5.52 Å². The summed E-state index contributed by atoms with van der Waals surface area (Å²) in [7, 11) is -2.48. The van der Waals surface area contributed by atoms with Crippen LogP contribution in [0.1, 0.15) is 0 Å². The summed E-state index contributed by atoms with van der Waals surface area (Å²) in [5, 5.41) is 9.86. The minimum atomic E-state index is -3.89. The fourth-order valence-corrected chi connectivity index (χ4v) is 2.91. The molecular formula is C11H12N4O7S. The van der Waals surface area contributed by atoms with E-state index in [1.54, 1.807) is 0 Å². The average molecular weight is 344 g/mol. The summed E-state index contributed by atoms with van der Waals surface area (Å²) in [6.07, 6.45) is 0. The van der Waals surface area contributed by atoms with E-state index >= 15 is 0 Å². The van der Waals surface area contributed by atoms with Crippen molar-refractivity contribution in [1.82, 2.24) is 14.4 Å². The van der Waals surface area contributed by atoms with E-state index in [1.165, 1.54) is 7.11 Å². The van der Waals surface area contributed by atoms with Crippen LogP contribution in [0.25, 0.3) is 11.0 Å². The van der Waals surface area contributed by atoms with Crippen LogP contribution < -0.4 is 15.8 Å². The zero-order chi connectivity index (χ0) is 17.2. The van der Waals surface area contributed by atoms with Gasteiger partial charge >= 0.3 is 11.1 Å². The Kier molecular flexibility index (Phi) is 4.58. The fourth-order valence-electron chi connectivity index (χ4n) is 1.87. The Hall–Kier alpha value is -2.57. The number of rotatable bonds is 6. The Bertz CT molecular complexity index is 976. The lowest BCUT2D eigenvalue weighted by Crippen LogP contribution is -2.39. The van der Waals surface area contributed by atoms with Gasteiger partial charge in [0.15, 0.2) is 5.03 Å². The number of ether oxygens (including phenoxy) is 1. The smallest absolute Gasteiger partial charge is 0.377 e. The molecule has 0 unspecified atom stereocenters. The van der Waals surface area contributed by atoms with Crippen molar-refractivity contribution in [3.8, 4) is 0 Å². The molecule has 1 heterocycles. The Labute approximate surface area is 128 Å². The van der Waals surface area contributed by atoms with Crippen molar-refractivity contribution in [2.75, 3.05) is 20.3 Å². The van der Waals surface area contributed by atoms with Crippen molar-refractivity contribution in [1.29, 1.82) is 0 Å². The molecule has 0 amide bonds. The highest BCUT2D eigenvalue weighted by atomic mass is 32.2. The van der Waals surface area contributed by atoms with Gasteiger partial charge in [0.05, 0.1) is 17.0 Å². The van der Waals surface area contributed by atoms with E-state index in [0.29, 0.717) is 0 Å². The van der Waals surface area contributed by atoms with Crippen molar-refractivity contribution in [2.45, 2.75) is 4.90 Å². The maximum atomic E-state index is 12.1. The Morgan fingerprint density at radius 2 is 2.09 bits per heavy atom. The van der Waals surface area contributed by atoms with Crippen LogP contribution in [0.15, 0.2) is 32.7 Å². The van der Waals surface area contributed by atoms with Crippen LogP contribution in [0.2, 0.25) is 0 Å². The summed E-state index contributed by atoms with van der Waals surface area (Å²) in [6, 6.07) is 3.20. The molecule has 0 spiro atoms. The van der Waals surface area contributed by atoms with Gasteiger partial charge in [0.25, 0.3) is 0 Å². The zero-order valence-corrected chi connectivity index (χ0v) is 12.6. The number of nitrogens with zero attached hydrogens (tertiary/aromatic N) is 2. The van der Waals surface area contributed by atoms with Crippen molar-refractivity contribution in [3.63, 3.8) is 0 Å². The first-order valence-corrected chi connectivity index (χ1v) is 7.68. The van der Waals surface area contributed by atoms with Crippen molar-refractivity contribution in [3.05, 3.63) is 49.0 Å². The quantitative estimate of drug-likeness (QED) is 0.284. The second kappa shape index (κ2) is 6.28. The molecule has 0 aliphatic rings. The zero-order valence-electron chi connectivity index (χ0n) is 11.8. The monoisotopic (exact) mass is 344 g/mol. The molecule has 2 rings (SSSR count). The van der Waals surface area contributed by atoms with Crippen molar-refractivity contribution >= 4 is 21.1 Å². The minimum Gasteiger partial charge on any atom is -0.383 e. The molecule has 2 N–H and O–H groups in total. The average Bonchev–Trinajstić information content (AvgIpc) is 2.47. The Morgan fingerprint density at radius 1 is 1.39 bits per heavy atom. The second-order valence-electron chi connectivity index (χ2n) is 4.38. The van der Waals surface area contributed by atoms with E-state index < -0.39 is 26.2 Å². The Morgan fingerprint density at radius 3 is 2.70 bits per heavy atom. The summed E-state index contributed by atoms with van der Waals surface area (Å²) in [4.78, 5) is 35.8. The van der Waals surface area contributed by atoms with Gasteiger partial charge in [0, 0.05) is 13.7 Å². The number of hydrogen-bond acceptors (Lipinski definition) is 7. The molecular weight excluding hydrogens is 332 g/mol. The summed E-state index contributed by atoms with van der Waals surface area (Å²) in [5.74, 6) is 0. The second-order valence-corrected chi connectivity index (χ2v) is 6.15. The molecule has 1 aromatic carbocycles. The Balaban J connectivity index is 2.60. The van der Waals surface area contributed by atoms with Crippen LogP contribution in [-0.2, 0) is 14.8 Å². The van der Waals surface area contributed by atoms with Crippen LogP contribution in [-0.4, -0.2) is 43.4 Å². The first-order chi connectivity index (χ1) is 10.8. The van der Waals surface area contributed by atoms with E-state index in [-0.39, 0.29) is 33.8 Å². The van der Waals surface area contributed by atoms with E-state index in [2.05, 4.69) is 9.71 Å². The molecule has 0 saturated carbocycles. The lowest BCUT2D eigenvalue weighted by molar-refractivity contribution is -0.540. The highest BCUT2D eigenvalue weighted by Gasteiger charge is 2.19. The summed E-state index contributed by atoms with van der Waals surface area (Å²) in [6.45, 7) is 0.187. The lowest BCUT2D eigenvalue weighted by Gasteiger charge is -2.07. The first kappa shape index (κ1) is 16.8. The molecule has 11 nitrogen and oxygen atoms in total. The molecule has 124 valence electrons. The summed E-state index contributed by atoms with van der Waals surface area (Å²) < 4.78 is 31.2. The van der Waals surface area contributed by atoms with E-state index in [1.807, 2.05) is 0 Å².